The molecule has 4 rings (SSSR count). The van der Waals surface area contributed by atoms with Gasteiger partial charge >= 0.3 is 0 Å². The highest BCUT2D eigenvalue weighted by atomic mass is 16.5. The number of nitrogens with two attached hydrogens (primary N) is 3. The molecule has 4 fully saturated rings. The lowest BCUT2D eigenvalue weighted by Crippen LogP contribution is -2.62. The van der Waals surface area contributed by atoms with Gasteiger partial charge in [-0.2, -0.15) is 0 Å². The Kier molecular flexibility index (Phi) is 22.4. The predicted molar refractivity (Wildman–Crippen MR) is 237 cm³/mol. The molecule has 0 saturated heterocycles. The third-order valence-electron chi connectivity index (χ3n) is 15.8. The van der Waals surface area contributed by atoms with Gasteiger partial charge in [0.2, 0.25) is 0 Å². The molecular formula is C49H92N4O3. The lowest BCUT2D eigenvalue weighted by Gasteiger charge is -2.65. The van der Waals surface area contributed by atoms with Crippen LogP contribution in [0.5, 0.6) is 0 Å². The summed E-state index contributed by atoms with van der Waals surface area (Å²) in [7, 11) is 0. The molecule has 56 heavy (non-hydrogen) atoms. The van der Waals surface area contributed by atoms with Crippen molar-refractivity contribution >= 4 is 0 Å². The summed E-state index contributed by atoms with van der Waals surface area (Å²) in [4.78, 5) is 0. The van der Waals surface area contributed by atoms with Crippen molar-refractivity contribution in [2.75, 3.05) is 46.0 Å². The number of rotatable bonds is 28. The minimum Gasteiger partial charge on any atom is -0.405 e. The van der Waals surface area contributed by atoms with E-state index in [1.165, 1.54) is 103 Å². The van der Waals surface area contributed by atoms with Crippen LogP contribution in [0.25, 0.3) is 0 Å². The zero-order valence-electron chi connectivity index (χ0n) is 37.2. The molecule has 0 amide bonds. The smallest absolute Gasteiger partial charge is 0.0667 e. The molecule has 11 atom stereocenters. The summed E-state index contributed by atoms with van der Waals surface area (Å²) in [6, 6.07) is 0. The van der Waals surface area contributed by atoms with Crippen LogP contribution in [0.4, 0.5) is 0 Å². The first-order chi connectivity index (χ1) is 27.3. The summed E-state index contributed by atoms with van der Waals surface area (Å²) in [5.74, 6) is 4.10. The van der Waals surface area contributed by atoms with Gasteiger partial charge in [0.1, 0.15) is 0 Å². The van der Waals surface area contributed by atoms with Gasteiger partial charge in [0.15, 0.2) is 0 Å². The average molecular weight is 785 g/mol. The molecule has 7 heteroatoms. The van der Waals surface area contributed by atoms with E-state index in [0.717, 1.165) is 89.0 Å². The molecule has 326 valence electrons. The summed E-state index contributed by atoms with van der Waals surface area (Å²) in [5.41, 5.74) is 18.0. The number of nitrogens with one attached hydrogen (secondary N) is 1. The van der Waals surface area contributed by atoms with Gasteiger partial charge in [-0.15, -0.1) is 0 Å². The first-order valence-electron chi connectivity index (χ1n) is 24.3. The molecule has 0 bridgehead atoms. The monoisotopic (exact) mass is 785 g/mol. The standard InChI is InChI=1S/C49H92N4O3/c1-5-6-7-8-9-10-11-12-13-14-15-16-31-53-32-17-21-39(2)43-24-25-45-44(43)23-22-41(54-33-18-28-50)38-46-48(3)27-26-42(55-34-19-29-51)36-40(48)37-47(49(45,46)4)56-35-20-30-52/h11-12,18,28,39-47,53H,5-10,13-17,19-27,29-38,50-52H2,1-4H3/b12-11+,28-18+/t39-,40+,41-,42-,43-,44?,45-,46-,47-,48+,49+/m1/s1. The quantitative estimate of drug-likeness (QED) is 0.0461. The largest absolute Gasteiger partial charge is 0.405 e. The van der Waals surface area contributed by atoms with Crippen LogP contribution in [-0.4, -0.2) is 64.3 Å². The zero-order valence-corrected chi connectivity index (χ0v) is 37.2. The normalized spacial score (nSPS) is 34.0. The fourth-order valence-corrected chi connectivity index (χ4v) is 12.5. The number of hydrogen-bond donors (Lipinski definition) is 4. The first kappa shape index (κ1) is 47.7. The Morgan fingerprint density at radius 3 is 2.14 bits per heavy atom. The maximum atomic E-state index is 7.10. The van der Waals surface area contributed by atoms with Gasteiger partial charge in [0.05, 0.1) is 24.9 Å². The molecule has 4 aliphatic rings. The molecule has 0 aliphatic heterocycles. The average Bonchev–Trinajstić information content (AvgIpc) is 3.62. The van der Waals surface area contributed by atoms with Gasteiger partial charge in [-0.05, 0) is 195 Å². The molecule has 1 unspecified atom stereocenters. The molecule has 0 heterocycles. The second-order valence-corrected chi connectivity index (χ2v) is 19.4. The van der Waals surface area contributed by atoms with Crippen LogP contribution in [-0.2, 0) is 14.2 Å². The Morgan fingerprint density at radius 2 is 1.41 bits per heavy atom. The Morgan fingerprint density at radius 1 is 0.714 bits per heavy atom. The van der Waals surface area contributed by atoms with Crippen molar-refractivity contribution < 1.29 is 14.2 Å². The Balaban J connectivity index is 1.36. The molecule has 0 spiro atoms. The Labute approximate surface area is 346 Å². The van der Waals surface area contributed by atoms with Gasteiger partial charge in [-0.1, -0.05) is 72.0 Å². The van der Waals surface area contributed by atoms with E-state index in [1.807, 2.05) is 6.08 Å². The fraction of sp³-hybridized carbons (Fsp3) is 0.918. The van der Waals surface area contributed by atoms with E-state index in [1.54, 1.807) is 6.20 Å². The topological polar surface area (TPSA) is 118 Å². The van der Waals surface area contributed by atoms with E-state index in [9.17, 15) is 0 Å². The molecule has 0 radical (unpaired) electrons. The van der Waals surface area contributed by atoms with Crippen molar-refractivity contribution in [2.24, 2.45) is 63.5 Å². The van der Waals surface area contributed by atoms with E-state index < -0.39 is 0 Å². The Bertz CT molecular complexity index is 1090. The minimum atomic E-state index is 0.115. The molecule has 4 saturated carbocycles. The van der Waals surface area contributed by atoms with Gasteiger partial charge < -0.3 is 36.7 Å². The number of ether oxygens (including phenoxy) is 3. The molecule has 7 nitrogen and oxygen atoms in total. The van der Waals surface area contributed by atoms with Crippen molar-refractivity contribution in [2.45, 2.75) is 194 Å². The summed E-state index contributed by atoms with van der Waals surface area (Å²) in [5, 5.41) is 3.80. The van der Waals surface area contributed by atoms with Crippen molar-refractivity contribution in [3.05, 3.63) is 24.4 Å². The number of unbranched alkanes of at least 4 members (excludes halogenated alkanes) is 8. The first-order valence-corrected chi connectivity index (χ1v) is 24.3. The molecular weight excluding hydrogens is 693 g/mol. The summed E-state index contributed by atoms with van der Waals surface area (Å²) < 4.78 is 20.3. The van der Waals surface area contributed by atoms with Crippen LogP contribution in [0.1, 0.15) is 175 Å². The number of allylic oxidation sites excluding steroid dienone is 2. The third-order valence-corrected chi connectivity index (χ3v) is 15.8. The van der Waals surface area contributed by atoms with Crippen LogP contribution < -0.4 is 22.5 Å². The van der Waals surface area contributed by atoms with Crippen molar-refractivity contribution in [1.29, 1.82) is 0 Å². The van der Waals surface area contributed by atoms with Gasteiger partial charge in [-0.3, -0.25) is 0 Å². The van der Waals surface area contributed by atoms with E-state index in [4.69, 9.17) is 31.4 Å². The minimum absolute atomic E-state index is 0.115. The second kappa shape index (κ2) is 26.3. The van der Waals surface area contributed by atoms with Gasteiger partial charge in [0, 0.05) is 18.6 Å². The summed E-state index contributed by atoms with van der Waals surface area (Å²) in [6.07, 6.45) is 38.2. The third kappa shape index (κ3) is 13.8. The zero-order chi connectivity index (χ0) is 40.1. The molecule has 7 N–H and O–H groups in total. The lowest BCUT2D eigenvalue weighted by atomic mass is 9.42. The molecule has 0 aromatic heterocycles. The van der Waals surface area contributed by atoms with E-state index in [0.29, 0.717) is 43.6 Å². The maximum absolute atomic E-state index is 7.10. The van der Waals surface area contributed by atoms with Crippen LogP contribution >= 0.6 is 0 Å². The van der Waals surface area contributed by atoms with Crippen LogP contribution in [0.15, 0.2) is 24.4 Å². The predicted octanol–water partition coefficient (Wildman–Crippen LogP) is 10.5. The lowest BCUT2D eigenvalue weighted by molar-refractivity contribution is -0.222. The SMILES string of the molecule is CCCCCCC/C=C/CCCCCNCCC[C@@H](C)[C@H]1CC[C@@H]2C1CC[C@@H](OC/C=C/N)C[C@@H]1[C@@]3(C)CC[C@@H](OCCCN)C[C@H]3C[C@@H](OCCCN)[C@@]21C. The Hall–Kier alpha value is -0.960. The van der Waals surface area contributed by atoms with Gasteiger partial charge in [-0.25, -0.2) is 0 Å². The second-order valence-electron chi connectivity index (χ2n) is 19.4. The number of hydrogen-bond acceptors (Lipinski definition) is 7. The fourth-order valence-electron chi connectivity index (χ4n) is 12.5. The van der Waals surface area contributed by atoms with Crippen molar-refractivity contribution in [3.63, 3.8) is 0 Å². The van der Waals surface area contributed by atoms with E-state index in [2.05, 4.69) is 45.2 Å². The summed E-state index contributed by atoms with van der Waals surface area (Å²) in [6.45, 7) is 16.1. The molecule has 4 aliphatic carbocycles. The van der Waals surface area contributed by atoms with E-state index >= 15 is 0 Å². The molecule has 0 aromatic rings. The van der Waals surface area contributed by atoms with Crippen LogP contribution in [0.2, 0.25) is 0 Å². The highest BCUT2D eigenvalue weighted by Gasteiger charge is 2.64. The number of fused-ring (bicyclic) bond motifs is 5. The van der Waals surface area contributed by atoms with Gasteiger partial charge in [0.25, 0.3) is 0 Å². The summed E-state index contributed by atoms with van der Waals surface area (Å²) >= 11 is 0. The maximum Gasteiger partial charge on any atom is 0.0667 e. The molecule has 0 aromatic carbocycles. The highest BCUT2D eigenvalue weighted by molar-refractivity contribution is 5.13. The van der Waals surface area contributed by atoms with E-state index in [-0.39, 0.29) is 23.0 Å². The highest BCUT2D eigenvalue weighted by Crippen LogP contribution is 2.68. The van der Waals surface area contributed by atoms with Crippen LogP contribution in [0, 0.1) is 46.3 Å². The van der Waals surface area contributed by atoms with Crippen LogP contribution in [0.3, 0.4) is 0 Å². The van der Waals surface area contributed by atoms with Crippen molar-refractivity contribution in [1.82, 2.24) is 5.32 Å². The van der Waals surface area contributed by atoms with Crippen molar-refractivity contribution in [3.8, 4) is 0 Å².